The molecule has 2 heterocycles. The van der Waals surface area contributed by atoms with E-state index in [1.54, 1.807) is 14.2 Å². The number of fused-ring (bicyclic) bond motifs is 1. The minimum Gasteiger partial charge on any atom is -0.497 e. The van der Waals surface area contributed by atoms with Crippen LogP contribution in [0.4, 0.5) is 5.82 Å². The number of hydrogen-bond acceptors (Lipinski definition) is 6. The van der Waals surface area contributed by atoms with E-state index >= 15 is 0 Å². The molecule has 0 aliphatic heterocycles. The summed E-state index contributed by atoms with van der Waals surface area (Å²) in [7, 11) is 3.27. The standard InChI is InChI=1S/C14H14IN5O2/c1-21-9-4-3-8(10(5-9)22-2)6-16-13-11-12(15)19-20-14(11)18-7-17-13/h3-5,7H,6H2,1-2H3,(H2,16,17,18,19,20). The summed E-state index contributed by atoms with van der Waals surface area (Å²) < 4.78 is 11.4. The Morgan fingerprint density at radius 2 is 2.09 bits per heavy atom. The van der Waals surface area contributed by atoms with E-state index in [4.69, 9.17) is 9.47 Å². The van der Waals surface area contributed by atoms with Gasteiger partial charge in [0.2, 0.25) is 0 Å². The van der Waals surface area contributed by atoms with E-state index < -0.39 is 0 Å². The van der Waals surface area contributed by atoms with Gasteiger partial charge >= 0.3 is 0 Å². The highest BCUT2D eigenvalue weighted by molar-refractivity contribution is 14.1. The molecule has 0 unspecified atom stereocenters. The number of rotatable bonds is 5. The lowest BCUT2D eigenvalue weighted by Crippen LogP contribution is -2.04. The van der Waals surface area contributed by atoms with E-state index in [9.17, 15) is 0 Å². The molecule has 0 amide bonds. The molecule has 0 aliphatic carbocycles. The van der Waals surface area contributed by atoms with Crippen LogP contribution in [0.15, 0.2) is 24.5 Å². The highest BCUT2D eigenvalue weighted by atomic mass is 127. The predicted molar refractivity (Wildman–Crippen MR) is 91.3 cm³/mol. The number of benzene rings is 1. The first-order valence-corrected chi connectivity index (χ1v) is 7.60. The van der Waals surface area contributed by atoms with Crippen molar-refractivity contribution in [3.8, 4) is 11.5 Å². The van der Waals surface area contributed by atoms with E-state index in [-0.39, 0.29) is 0 Å². The molecule has 3 rings (SSSR count). The van der Waals surface area contributed by atoms with Crippen LogP contribution in [0.2, 0.25) is 0 Å². The second-order valence-electron chi connectivity index (χ2n) is 4.49. The molecule has 1 aromatic carbocycles. The summed E-state index contributed by atoms with van der Waals surface area (Å²) in [6.07, 6.45) is 1.50. The number of hydrogen-bond donors (Lipinski definition) is 2. The molecule has 0 atom stereocenters. The molecule has 2 aromatic heterocycles. The molecule has 3 aromatic rings. The zero-order chi connectivity index (χ0) is 15.5. The molecule has 0 radical (unpaired) electrons. The number of halogens is 1. The number of aromatic nitrogens is 4. The van der Waals surface area contributed by atoms with Gasteiger partial charge < -0.3 is 14.8 Å². The van der Waals surface area contributed by atoms with Gasteiger partial charge in [-0.05, 0) is 34.7 Å². The van der Waals surface area contributed by atoms with Crippen LogP contribution in [-0.4, -0.2) is 34.4 Å². The molecule has 114 valence electrons. The molecule has 0 bridgehead atoms. The number of nitrogens with one attached hydrogen (secondary N) is 2. The molecule has 0 spiro atoms. The maximum absolute atomic E-state index is 5.40. The molecule has 22 heavy (non-hydrogen) atoms. The zero-order valence-corrected chi connectivity index (χ0v) is 14.2. The Morgan fingerprint density at radius 3 is 2.86 bits per heavy atom. The highest BCUT2D eigenvalue weighted by Gasteiger charge is 2.11. The van der Waals surface area contributed by atoms with E-state index in [1.807, 2.05) is 18.2 Å². The number of nitrogens with zero attached hydrogens (tertiary/aromatic N) is 3. The van der Waals surface area contributed by atoms with Gasteiger partial charge in [-0.25, -0.2) is 9.97 Å². The monoisotopic (exact) mass is 411 g/mol. The van der Waals surface area contributed by atoms with Crippen LogP contribution in [0.3, 0.4) is 0 Å². The molecule has 2 N–H and O–H groups in total. The van der Waals surface area contributed by atoms with Gasteiger partial charge in [0.15, 0.2) is 5.65 Å². The van der Waals surface area contributed by atoms with Crippen LogP contribution in [0.5, 0.6) is 11.5 Å². The fraction of sp³-hybridized carbons (Fsp3) is 0.214. The fourth-order valence-corrected chi connectivity index (χ4v) is 2.77. The Kier molecular flexibility index (Phi) is 4.27. The van der Waals surface area contributed by atoms with Crippen molar-refractivity contribution in [1.82, 2.24) is 20.2 Å². The van der Waals surface area contributed by atoms with Gasteiger partial charge in [-0.15, -0.1) is 0 Å². The second kappa shape index (κ2) is 6.34. The highest BCUT2D eigenvalue weighted by Crippen LogP contribution is 2.27. The molecule has 7 nitrogen and oxygen atoms in total. The van der Waals surface area contributed by atoms with Crippen molar-refractivity contribution in [2.45, 2.75) is 6.54 Å². The normalized spacial score (nSPS) is 10.7. The number of anilines is 1. The summed E-state index contributed by atoms with van der Waals surface area (Å²) in [5.41, 5.74) is 1.72. The number of ether oxygens (including phenoxy) is 2. The first kappa shape index (κ1) is 14.8. The van der Waals surface area contributed by atoms with Crippen molar-refractivity contribution in [2.75, 3.05) is 19.5 Å². The predicted octanol–water partition coefficient (Wildman–Crippen LogP) is 2.59. The topological polar surface area (TPSA) is 85.0 Å². The first-order chi connectivity index (χ1) is 10.7. The van der Waals surface area contributed by atoms with Crippen LogP contribution in [0, 0.1) is 3.70 Å². The average Bonchev–Trinajstić information content (AvgIpc) is 2.94. The summed E-state index contributed by atoms with van der Waals surface area (Å²) in [4.78, 5) is 8.45. The summed E-state index contributed by atoms with van der Waals surface area (Å²) in [6, 6.07) is 5.72. The van der Waals surface area contributed by atoms with E-state index in [2.05, 4.69) is 48.1 Å². The van der Waals surface area contributed by atoms with Gasteiger partial charge in [-0.1, -0.05) is 0 Å². The van der Waals surface area contributed by atoms with Crippen LogP contribution < -0.4 is 14.8 Å². The van der Waals surface area contributed by atoms with Gasteiger partial charge in [0, 0.05) is 18.2 Å². The Morgan fingerprint density at radius 1 is 1.23 bits per heavy atom. The van der Waals surface area contributed by atoms with Crippen molar-refractivity contribution >= 4 is 39.4 Å². The largest absolute Gasteiger partial charge is 0.497 e. The third-order valence-electron chi connectivity index (χ3n) is 3.25. The average molecular weight is 411 g/mol. The quantitative estimate of drug-likeness (QED) is 0.628. The summed E-state index contributed by atoms with van der Waals surface area (Å²) in [5, 5.41) is 11.2. The SMILES string of the molecule is COc1ccc(CNc2ncnc3[nH]nc(I)c23)c(OC)c1. The third kappa shape index (κ3) is 2.78. The molecule has 0 saturated heterocycles. The van der Waals surface area contributed by atoms with Gasteiger partial charge in [-0.3, -0.25) is 5.10 Å². The minimum absolute atomic E-state index is 0.570. The lowest BCUT2D eigenvalue weighted by molar-refractivity contribution is 0.391. The molecular formula is C14H14IN5O2. The van der Waals surface area contributed by atoms with Crippen LogP contribution in [-0.2, 0) is 6.54 Å². The second-order valence-corrected chi connectivity index (χ2v) is 5.51. The summed E-state index contributed by atoms with van der Waals surface area (Å²) in [6.45, 7) is 0.570. The van der Waals surface area contributed by atoms with Crippen molar-refractivity contribution in [1.29, 1.82) is 0 Å². The van der Waals surface area contributed by atoms with Crippen LogP contribution in [0.25, 0.3) is 11.0 Å². The van der Waals surface area contributed by atoms with Crippen LogP contribution >= 0.6 is 22.6 Å². The molecule has 0 aliphatic rings. The molecule has 0 fully saturated rings. The smallest absolute Gasteiger partial charge is 0.161 e. The Labute approximate surface area is 140 Å². The van der Waals surface area contributed by atoms with E-state index in [0.717, 1.165) is 32.0 Å². The number of aromatic amines is 1. The number of H-pyrrole nitrogens is 1. The number of methoxy groups -OCH3 is 2. The van der Waals surface area contributed by atoms with Gasteiger partial charge in [0.25, 0.3) is 0 Å². The van der Waals surface area contributed by atoms with Crippen molar-refractivity contribution in [3.63, 3.8) is 0 Å². The zero-order valence-electron chi connectivity index (χ0n) is 12.1. The Bertz CT molecular complexity index is 805. The Balaban J connectivity index is 1.87. The van der Waals surface area contributed by atoms with Crippen LogP contribution in [0.1, 0.15) is 5.56 Å². The molecule has 0 saturated carbocycles. The lowest BCUT2D eigenvalue weighted by Gasteiger charge is -2.12. The van der Waals surface area contributed by atoms with Crippen molar-refractivity contribution < 1.29 is 9.47 Å². The third-order valence-corrected chi connectivity index (χ3v) is 4.03. The van der Waals surface area contributed by atoms with E-state index in [0.29, 0.717) is 12.2 Å². The van der Waals surface area contributed by atoms with Crippen molar-refractivity contribution in [2.24, 2.45) is 0 Å². The maximum Gasteiger partial charge on any atom is 0.161 e. The summed E-state index contributed by atoms with van der Waals surface area (Å²) in [5.74, 6) is 2.26. The summed E-state index contributed by atoms with van der Waals surface area (Å²) >= 11 is 2.15. The minimum atomic E-state index is 0.570. The fourth-order valence-electron chi connectivity index (χ4n) is 2.13. The first-order valence-electron chi connectivity index (χ1n) is 6.52. The molecule has 8 heteroatoms. The van der Waals surface area contributed by atoms with Gasteiger partial charge in [0.1, 0.15) is 27.3 Å². The van der Waals surface area contributed by atoms with Gasteiger partial charge in [-0.2, -0.15) is 5.10 Å². The van der Waals surface area contributed by atoms with Gasteiger partial charge in [0.05, 0.1) is 19.6 Å². The Hall–Kier alpha value is -2.10. The van der Waals surface area contributed by atoms with E-state index in [1.165, 1.54) is 6.33 Å². The lowest BCUT2D eigenvalue weighted by atomic mass is 10.2. The molecular weight excluding hydrogens is 397 g/mol. The maximum atomic E-state index is 5.40. The van der Waals surface area contributed by atoms with Crippen molar-refractivity contribution in [3.05, 3.63) is 33.8 Å².